The highest BCUT2D eigenvalue weighted by Gasteiger charge is 2.40. The van der Waals surface area contributed by atoms with E-state index in [1.54, 1.807) is 6.20 Å². The third kappa shape index (κ3) is 3.96. The molecule has 0 bridgehead atoms. The molecule has 1 fully saturated rings. The van der Waals surface area contributed by atoms with Crippen LogP contribution in [0.25, 0.3) is 0 Å². The number of rotatable bonds is 6. The molecule has 0 spiro atoms. The average molecular weight is 277 g/mol. The van der Waals surface area contributed by atoms with Gasteiger partial charge in [0, 0.05) is 25.6 Å². The van der Waals surface area contributed by atoms with E-state index in [1.807, 2.05) is 24.4 Å². The Balaban J connectivity index is 1.81. The SMILES string of the molecule is CCO[Si]1(C)CCCN1CCN=Cc1ccccn1. The highest BCUT2D eigenvalue weighted by molar-refractivity contribution is 6.70. The molecule has 1 saturated heterocycles. The monoisotopic (exact) mass is 277 g/mol. The number of nitrogens with zero attached hydrogens (tertiary/aromatic N) is 3. The molecule has 0 amide bonds. The molecule has 1 unspecified atom stereocenters. The van der Waals surface area contributed by atoms with E-state index in [9.17, 15) is 0 Å². The standard InChI is InChI=1S/C14H23N3OSi/c1-3-18-19(2)12-6-10-17(19)11-9-15-13-14-7-4-5-8-16-14/h4-5,7-8,13H,3,6,9-12H2,1-2H3. The Bertz CT molecular complexity index is 412. The molecule has 0 saturated carbocycles. The van der Waals surface area contributed by atoms with Crippen LogP contribution in [0.4, 0.5) is 0 Å². The van der Waals surface area contributed by atoms with Crippen LogP contribution < -0.4 is 0 Å². The fourth-order valence-electron chi connectivity index (χ4n) is 2.60. The first-order chi connectivity index (χ1) is 9.24. The predicted molar refractivity (Wildman–Crippen MR) is 80.9 cm³/mol. The number of aromatic nitrogens is 1. The minimum atomic E-state index is -1.60. The van der Waals surface area contributed by atoms with Gasteiger partial charge in [0.25, 0.3) is 8.48 Å². The predicted octanol–water partition coefficient (Wildman–Crippen LogP) is 2.31. The minimum Gasteiger partial charge on any atom is -0.403 e. The van der Waals surface area contributed by atoms with Gasteiger partial charge in [0.05, 0.1) is 12.2 Å². The summed E-state index contributed by atoms with van der Waals surface area (Å²) in [7, 11) is -1.60. The van der Waals surface area contributed by atoms with Crippen LogP contribution in [0.3, 0.4) is 0 Å². The second-order valence-electron chi connectivity index (χ2n) is 4.99. The number of hydrogen-bond acceptors (Lipinski definition) is 4. The van der Waals surface area contributed by atoms with Gasteiger partial charge in [0.15, 0.2) is 0 Å². The normalized spacial score (nSPS) is 24.3. The third-order valence-electron chi connectivity index (χ3n) is 3.60. The Morgan fingerprint density at radius 2 is 2.42 bits per heavy atom. The molecular weight excluding hydrogens is 254 g/mol. The van der Waals surface area contributed by atoms with Crippen LogP contribution in [-0.4, -0.2) is 50.5 Å². The van der Waals surface area contributed by atoms with Crippen LogP contribution >= 0.6 is 0 Å². The highest BCUT2D eigenvalue weighted by Crippen LogP contribution is 2.26. The summed E-state index contributed by atoms with van der Waals surface area (Å²) in [6.45, 7) is 8.25. The molecule has 5 heteroatoms. The molecule has 1 aromatic rings. The zero-order chi connectivity index (χ0) is 13.6. The van der Waals surface area contributed by atoms with Crippen LogP contribution in [0.5, 0.6) is 0 Å². The van der Waals surface area contributed by atoms with Gasteiger partial charge in [0.1, 0.15) is 0 Å². The Morgan fingerprint density at radius 1 is 1.53 bits per heavy atom. The molecule has 1 aliphatic heterocycles. The number of aliphatic imine (C=N–C) groups is 1. The number of pyridine rings is 1. The van der Waals surface area contributed by atoms with Gasteiger partial charge in [-0.1, -0.05) is 6.07 Å². The molecule has 104 valence electrons. The summed E-state index contributed by atoms with van der Waals surface area (Å²) in [6.07, 6.45) is 4.92. The lowest BCUT2D eigenvalue weighted by Gasteiger charge is -2.31. The second-order valence-corrected chi connectivity index (χ2v) is 8.76. The quantitative estimate of drug-likeness (QED) is 0.591. The van der Waals surface area contributed by atoms with Gasteiger partial charge in [-0.2, -0.15) is 0 Å². The summed E-state index contributed by atoms with van der Waals surface area (Å²) in [5.41, 5.74) is 0.925. The molecule has 4 nitrogen and oxygen atoms in total. The maximum atomic E-state index is 6.02. The van der Waals surface area contributed by atoms with Gasteiger partial charge >= 0.3 is 0 Å². The summed E-state index contributed by atoms with van der Waals surface area (Å²) in [5.74, 6) is 0. The van der Waals surface area contributed by atoms with Crippen molar-refractivity contribution in [1.29, 1.82) is 0 Å². The van der Waals surface area contributed by atoms with Crippen molar-refractivity contribution in [3.05, 3.63) is 30.1 Å². The smallest absolute Gasteiger partial charge is 0.268 e. The lowest BCUT2D eigenvalue weighted by molar-refractivity contribution is 0.272. The molecular formula is C14H23N3OSi. The number of hydrogen-bond donors (Lipinski definition) is 0. The van der Waals surface area contributed by atoms with Crippen molar-refractivity contribution in [2.75, 3.05) is 26.2 Å². The van der Waals surface area contributed by atoms with Crippen LogP contribution in [0.1, 0.15) is 19.0 Å². The molecule has 1 aliphatic rings. The summed E-state index contributed by atoms with van der Waals surface area (Å²) in [4.78, 5) is 8.70. The zero-order valence-corrected chi connectivity index (χ0v) is 12.9. The summed E-state index contributed by atoms with van der Waals surface area (Å²) in [5, 5.41) is 0. The molecule has 2 heterocycles. The van der Waals surface area contributed by atoms with E-state index in [0.29, 0.717) is 0 Å². The van der Waals surface area contributed by atoms with Gasteiger partial charge in [-0.05, 0) is 44.6 Å². The fraction of sp³-hybridized carbons (Fsp3) is 0.571. The Kier molecular flexibility index (Phi) is 5.24. The largest absolute Gasteiger partial charge is 0.403 e. The molecule has 0 radical (unpaired) electrons. The van der Waals surface area contributed by atoms with Gasteiger partial charge < -0.3 is 8.99 Å². The van der Waals surface area contributed by atoms with E-state index in [4.69, 9.17) is 4.43 Å². The van der Waals surface area contributed by atoms with Gasteiger partial charge in [-0.15, -0.1) is 0 Å². The molecule has 1 aromatic heterocycles. The molecule has 2 rings (SSSR count). The Hall–Kier alpha value is -1.04. The van der Waals surface area contributed by atoms with Gasteiger partial charge in [0.2, 0.25) is 0 Å². The average Bonchev–Trinajstić information content (AvgIpc) is 2.78. The topological polar surface area (TPSA) is 37.7 Å². The van der Waals surface area contributed by atoms with Gasteiger partial charge in [-0.25, -0.2) is 0 Å². The first-order valence-electron chi connectivity index (χ1n) is 7.04. The van der Waals surface area contributed by atoms with Crippen LogP contribution in [-0.2, 0) is 4.43 Å². The zero-order valence-electron chi connectivity index (χ0n) is 11.9. The summed E-state index contributed by atoms with van der Waals surface area (Å²) in [6, 6.07) is 7.12. The minimum absolute atomic E-state index is 0.826. The van der Waals surface area contributed by atoms with E-state index in [1.165, 1.54) is 19.0 Å². The fourth-order valence-corrected chi connectivity index (χ4v) is 5.89. The van der Waals surface area contributed by atoms with Crippen molar-refractivity contribution < 1.29 is 4.43 Å². The molecule has 0 N–H and O–H groups in total. The molecule has 19 heavy (non-hydrogen) atoms. The van der Waals surface area contributed by atoms with Crippen molar-refractivity contribution in [2.45, 2.75) is 25.9 Å². The second kappa shape index (κ2) is 6.93. The Morgan fingerprint density at radius 3 is 3.16 bits per heavy atom. The highest BCUT2D eigenvalue weighted by atomic mass is 28.4. The third-order valence-corrected chi connectivity index (χ3v) is 7.58. The van der Waals surface area contributed by atoms with E-state index in [2.05, 4.69) is 28.0 Å². The lowest BCUT2D eigenvalue weighted by atomic mass is 10.4. The van der Waals surface area contributed by atoms with E-state index >= 15 is 0 Å². The lowest BCUT2D eigenvalue weighted by Crippen LogP contribution is -2.49. The Labute approximate surface area is 116 Å². The summed E-state index contributed by atoms with van der Waals surface area (Å²) >= 11 is 0. The van der Waals surface area contributed by atoms with Crippen LogP contribution in [0, 0.1) is 0 Å². The van der Waals surface area contributed by atoms with E-state index in [0.717, 1.165) is 25.4 Å². The molecule has 1 atom stereocenters. The van der Waals surface area contributed by atoms with Crippen molar-refractivity contribution in [1.82, 2.24) is 9.55 Å². The van der Waals surface area contributed by atoms with E-state index in [-0.39, 0.29) is 0 Å². The molecule has 0 aliphatic carbocycles. The van der Waals surface area contributed by atoms with Crippen molar-refractivity contribution in [2.24, 2.45) is 4.99 Å². The van der Waals surface area contributed by atoms with E-state index < -0.39 is 8.48 Å². The van der Waals surface area contributed by atoms with Gasteiger partial charge in [-0.3, -0.25) is 9.98 Å². The van der Waals surface area contributed by atoms with Crippen LogP contribution in [0.15, 0.2) is 29.4 Å². The molecule has 0 aromatic carbocycles. The maximum absolute atomic E-state index is 6.02. The van der Waals surface area contributed by atoms with Crippen LogP contribution in [0.2, 0.25) is 12.6 Å². The first kappa shape index (κ1) is 14.4. The summed E-state index contributed by atoms with van der Waals surface area (Å²) < 4.78 is 8.55. The van der Waals surface area contributed by atoms with Crippen molar-refractivity contribution in [3.63, 3.8) is 0 Å². The maximum Gasteiger partial charge on any atom is 0.268 e. The van der Waals surface area contributed by atoms with Crippen molar-refractivity contribution in [3.8, 4) is 0 Å². The first-order valence-corrected chi connectivity index (χ1v) is 9.61. The van der Waals surface area contributed by atoms with Crippen molar-refractivity contribution >= 4 is 14.7 Å².